The number of nitrogens with zero attached hydrogens (tertiary/aromatic N) is 1. The van der Waals surface area contributed by atoms with Crippen molar-refractivity contribution in [3.63, 3.8) is 0 Å². The molecule has 1 aromatic heterocycles. The highest BCUT2D eigenvalue weighted by Gasteiger charge is 2.32. The molecule has 2 heterocycles. The first-order chi connectivity index (χ1) is 9.43. The fraction of sp³-hybridized carbons (Fsp3) is 0.786. The molecule has 0 amide bonds. The minimum atomic E-state index is -2.84. The lowest BCUT2D eigenvalue weighted by molar-refractivity contribution is 0.601. The van der Waals surface area contributed by atoms with Gasteiger partial charge in [0.25, 0.3) is 0 Å². The van der Waals surface area contributed by atoms with Gasteiger partial charge in [-0.3, -0.25) is 0 Å². The molecule has 114 valence electrons. The zero-order chi connectivity index (χ0) is 14.8. The Bertz CT molecular complexity index is 550. The Morgan fingerprint density at radius 1 is 1.45 bits per heavy atom. The number of rotatable bonds is 6. The Balaban J connectivity index is 2.16. The Kier molecular flexibility index (Phi) is 5.20. The van der Waals surface area contributed by atoms with Crippen LogP contribution in [0.1, 0.15) is 61.0 Å². The highest BCUT2D eigenvalue weighted by Crippen LogP contribution is 2.35. The van der Waals surface area contributed by atoms with Crippen LogP contribution in [0, 0.1) is 0 Å². The van der Waals surface area contributed by atoms with Crippen LogP contribution in [-0.2, 0) is 16.4 Å². The minimum Gasteiger partial charge on any atom is -0.312 e. The fourth-order valence-corrected chi connectivity index (χ4v) is 5.68. The predicted molar refractivity (Wildman–Crippen MR) is 84.2 cm³/mol. The molecular formula is C14H24N2O2S2. The Morgan fingerprint density at radius 2 is 2.20 bits per heavy atom. The van der Waals surface area contributed by atoms with Crippen LogP contribution < -0.4 is 5.32 Å². The number of hydrogen-bond acceptors (Lipinski definition) is 5. The van der Waals surface area contributed by atoms with Crippen LogP contribution >= 0.6 is 11.3 Å². The summed E-state index contributed by atoms with van der Waals surface area (Å²) in [5.41, 5.74) is 1.14. The minimum absolute atomic E-state index is 0.113. The third kappa shape index (κ3) is 3.80. The van der Waals surface area contributed by atoms with Crippen LogP contribution in [-0.4, -0.2) is 31.5 Å². The van der Waals surface area contributed by atoms with Crippen LogP contribution in [0.4, 0.5) is 0 Å². The quantitative estimate of drug-likeness (QED) is 0.820. The summed E-state index contributed by atoms with van der Waals surface area (Å²) < 4.78 is 23.2. The molecule has 1 fully saturated rings. The molecule has 20 heavy (non-hydrogen) atoms. The Labute approximate surface area is 125 Å². The van der Waals surface area contributed by atoms with Crippen molar-refractivity contribution in [3.8, 4) is 0 Å². The van der Waals surface area contributed by atoms with Gasteiger partial charge in [0.05, 0.1) is 22.2 Å². The molecule has 1 unspecified atom stereocenters. The van der Waals surface area contributed by atoms with E-state index in [0.29, 0.717) is 11.7 Å². The average molecular weight is 316 g/mol. The lowest BCUT2D eigenvalue weighted by Crippen LogP contribution is -2.14. The first kappa shape index (κ1) is 15.9. The van der Waals surface area contributed by atoms with E-state index in [1.807, 2.05) is 0 Å². The predicted octanol–water partition coefficient (Wildman–Crippen LogP) is 2.67. The topological polar surface area (TPSA) is 59.1 Å². The summed E-state index contributed by atoms with van der Waals surface area (Å²) in [6, 6.07) is 0. The Morgan fingerprint density at radius 3 is 2.75 bits per heavy atom. The number of thiazole rings is 1. The molecule has 2 rings (SSSR count). The second-order valence-corrected chi connectivity index (χ2v) is 9.14. The largest absolute Gasteiger partial charge is 0.312 e. The Hall–Kier alpha value is -0.460. The highest BCUT2D eigenvalue weighted by molar-refractivity contribution is 7.91. The lowest BCUT2D eigenvalue weighted by Gasteiger charge is -2.05. The third-order valence-electron chi connectivity index (χ3n) is 3.58. The van der Waals surface area contributed by atoms with E-state index >= 15 is 0 Å². The molecule has 1 N–H and O–H groups in total. The SMILES string of the molecule is CCCNCc1sc(C2CCS(=O)(=O)C2)nc1C(C)C. The van der Waals surface area contributed by atoms with Crippen molar-refractivity contribution in [1.29, 1.82) is 0 Å². The van der Waals surface area contributed by atoms with Gasteiger partial charge in [-0.15, -0.1) is 11.3 Å². The zero-order valence-corrected chi connectivity index (χ0v) is 14.1. The van der Waals surface area contributed by atoms with Crippen LogP contribution in [0.15, 0.2) is 0 Å². The van der Waals surface area contributed by atoms with E-state index in [2.05, 4.69) is 26.1 Å². The molecule has 4 nitrogen and oxygen atoms in total. The van der Waals surface area contributed by atoms with E-state index in [0.717, 1.165) is 36.6 Å². The zero-order valence-electron chi connectivity index (χ0n) is 12.5. The lowest BCUT2D eigenvalue weighted by atomic mass is 10.1. The van der Waals surface area contributed by atoms with Crippen molar-refractivity contribution in [1.82, 2.24) is 10.3 Å². The van der Waals surface area contributed by atoms with Gasteiger partial charge < -0.3 is 5.32 Å². The molecule has 1 aliphatic heterocycles. The summed E-state index contributed by atoms with van der Waals surface area (Å²) in [6.45, 7) is 8.29. The second-order valence-electron chi connectivity index (χ2n) is 5.79. The van der Waals surface area contributed by atoms with Gasteiger partial charge in [-0.1, -0.05) is 20.8 Å². The van der Waals surface area contributed by atoms with Gasteiger partial charge in [0, 0.05) is 17.3 Å². The standard InChI is InChI=1S/C14H24N2O2S2/c1-4-6-15-8-12-13(10(2)3)16-14(19-12)11-5-7-20(17,18)9-11/h10-11,15H,4-9H2,1-3H3. The maximum atomic E-state index is 11.6. The molecule has 0 saturated carbocycles. The van der Waals surface area contributed by atoms with E-state index in [1.54, 1.807) is 11.3 Å². The van der Waals surface area contributed by atoms with Gasteiger partial charge in [0.15, 0.2) is 9.84 Å². The van der Waals surface area contributed by atoms with E-state index < -0.39 is 9.84 Å². The number of hydrogen-bond donors (Lipinski definition) is 1. The molecule has 0 bridgehead atoms. The molecule has 1 aromatic rings. The molecule has 6 heteroatoms. The van der Waals surface area contributed by atoms with E-state index in [1.165, 1.54) is 4.88 Å². The smallest absolute Gasteiger partial charge is 0.151 e. The van der Waals surface area contributed by atoms with Gasteiger partial charge in [-0.05, 0) is 25.3 Å². The van der Waals surface area contributed by atoms with E-state index in [9.17, 15) is 8.42 Å². The van der Waals surface area contributed by atoms with Gasteiger partial charge in [0.1, 0.15) is 0 Å². The van der Waals surface area contributed by atoms with Crippen molar-refractivity contribution >= 4 is 21.2 Å². The molecule has 0 radical (unpaired) electrons. The molecule has 1 atom stereocenters. The molecule has 1 aliphatic rings. The van der Waals surface area contributed by atoms with Gasteiger partial charge in [-0.2, -0.15) is 0 Å². The third-order valence-corrected chi connectivity index (χ3v) is 6.59. The molecule has 1 saturated heterocycles. The van der Waals surface area contributed by atoms with E-state index in [4.69, 9.17) is 4.98 Å². The molecule has 0 aliphatic carbocycles. The maximum absolute atomic E-state index is 11.6. The average Bonchev–Trinajstić information content (AvgIpc) is 2.93. The maximum Gasteiger partial charge on any atom is 0.151 e. The summed E-state index contributed by atoms with van der Waals surface area (Å²) in [5.74, 6) is 1.09. The fourth-order valence-electron chi connectivity index (χ4n) is 2.50. The molecule has 0 aromatic carbocycles. The number of sulfone groups is 1. The van der Waals surface area contributed by atoms with Gasteiger partial charge in [-0.25, -0.2) is 13.4 Å². The number of nitrogens with one attached hydrogen (secondary N) is 1. The van der Waals surface area contributed by atoms with Crippen molar-refractivity contribution < 1.29 is 8.42 Å². The monoisotopic (exact) mass is 316 g/mol. The number of aromatic nitrogens is 1. The van der Waals surface area contributed by atoms with Crippen molar-refractivity contribution in [2.24, 2.45) is 0 Å². The molecular weight excluding hydrogens is 292 g/mol. The molecule has 0 spiro atoms. The summed E-state index contributed by atoms with van der Waals surface area (Å²) >= 11 is 1.70. The van der Waals surface area contributed by atoms with Crippen molar-refractivity contribution in [2.75, 3.05) is 18.1 Å². The van der Waals surface area contributed by atoms with Crippen LogP contribution in [0.2, 0.25) is 0 Å². The highest BCUT2D eigenvalue weighted by atomic mass is 32.2. The normalized spacial score (nSPS) is 21.7. The first-order valence-electron chi connectivity index (χ1n) is 7.33. The summed E-state index contributed by atoms with van der Waals surface area (Å²) in [4.78, 5) is 6.02. The van der Waals surface area contributed by atoms with E-state index in [-0.39, 0.29) is 11.7 Å². The summed E-state index contributed by atoms with van der Waals surface area (Å²) in [5, 5.41) is 4.44. The van der Waals surface area contributed by atoms with Crippen molar-refractivity contribution in [3.05, 3.63) is 15.6 Å². The van der Waals surface area contributed by atoms with Crippen LogP contribution in [0.5, 0.6) is 0 Å². The summed E-state index contributed by atoms with van der Waals surface area (Å²) in [7, 11) is -2.84. The van der Waals surface area contributed by atoms with Crippen LogP contribution in [0.25, 0.3) is 0 Å². The van der Waals surface area contributed by atoms with Gasteiger partial charge >= 0.3 is 0 Å². The second kappa shape index (κ2) is 6.54. The van der Waals surface area contributed by atoms with Crippen LogP contribution in [0.3, 0.4) is 0 Å². The first-order valence-corrected chi connectivity index (χ1v) is 9.97. The van der Waals surface area contributed by atoms with Crippen molar-refractivity contribution in [2.45, 2.75) is 52.0 Å². The summed E-state index contributed by atoms with van der Waals surface area (Å²) in [6.07, 6.45) is 1.85. The van der Waals surface area contributed by atoms with Gasteiger partial charge in [0.2, 0.25) is 0 Å².